The fraction of sp³-hybridized carbons (Fsp3) is 0.500. The predicted molar refractivity (Wildman–Crippen MR) is 117 cm³/mol. The van der Waals surface area contributed by atoms with Crippen LogP contribution < -0.4 is 10.1 Å². The first-order valence-corrected chi connectivity index (χ1v) is 10.8. The van der Waals surface area contributed by atoms with Crippen LogP contribution in [0.5, 0.6) is 5.75 Å². The molecule has 162 valence electrons. The van der Waals surface area contributed by atoms with Crippen LogP contribution in [-0.4, -0.2) is 45.7 Å². The summed E-state index contributed by atoms with van der Waals surface area (Å²) in [5, 5.41) is 7.93. The maximum absolute atomic E-state index is 12.8. The molecule has 3 rings (SSSR count). The van der Waals surface area contributed by atoms with Gasteiger partial charge in [0, 0.05) is 30.6 Å². The molecule has 1 saturated heterocycles. The molecule has 0 bridgehead atoms. The van der Waals surface area contributed by atoms with Crippen LogP contribution in [0.2, 0.25) is 5.02 Å². The van der Waals surface area contributed by atoms with Gasteiger partial charge in [0.2, 0.25) is 5.91 Å². The highest BCUT2D eigenvalue weighted by Crippen LogP contribution is 2.26. The molecule has 1 aromatic carbocycles. The number of nitrogens with zero attached hydrogens (tertiary/aromatic N) is 3. The van der Waals surface area contributed by atoms with Crippen molar-refractivity contribution in [2.24, 2.45) is 5.92 Å². The van der Waals surface area contributed by atoms with Crippen LogP contribution in [0.1, 0.15) is 46.1 Å². The zero-order chi connectivity index (χ0) is 21.7. The highest BCUT2D eigenvalue weighted by Gasteiger charge is 2.29. The minimum Gasteiger partial charge on any atom is -0.481 e. The minimum atomic E-state index is -0.587. The number of carbonyl (C=O) groups excluding carboxylic acids is 2. The van der Waals surface area contributed by atoms with Gasteiger partial charge in [-0.25, -0.2) is 4.68 Å². The van der Waals surface area contributed by atoms with Gasteiger partial charge in [0.05, 0.1) is 12.2 Å². The summed E-state index contributed by atoms with van der Waals surface area (Å²) in [6.45, 7) is 7.02. The SMILES string of the molecule is CC(C)CC(=O)Nc1ccnn1C1CCN(C(=O)[C@H](C)Oc2cccc(Cl)c2)CC1. The third-order valence-corrected chi connectivity index (χ3v) is 5.35. The Morgan fingerprint density at radius 1 is 1.23 bits per heavy atom. The predicted octanol–water partition coefficient (Wildman–Crippen LogP) is 4.15. The fourth-order valence-electron chi connectivity index (χ4n) is 3.65. The van der Waals surface area contributed by atoms with E-state index in [1.807, 2.05) is 29.5 Å². The van der Waals surface area contributed by atoms with Gasteiger partial charge >= 0.3 is 0 Å². The van der Waals surface area contributed by atoms with Crippen LogP contribution in [-0.2, 0) is 9.59 Å². The summed E-state index contributed by atoms with van der Waals surface area (Å²) in [5.74, 6) is 1.54. The molecule has 1 N–H and O–H groups in total. The monoisotopic (exact) mass is 432 g/mol. The summed E-state index contributed by atoms with van der Waals surface area (Å²) < 4.78 is 7.63. The summed E-state index contributed by atoms with van der Waals surface area (Å²) in [5.41, 5.74) is 0. The van der Waals surface area contributed by atoms with E-state index in [1.54, 1.807) is 37.4 Å². The lowest BCUT2D eigenvalue weighted by Gasteiger charge is -2.34. The van der Waals surface area contributed by atoms with E-state index in [2.05, 4.69) is 10.4 Å². The molecule has 0 radical (unpaired) electrons. The lowest BCUT2D eigenvalue weighted by molar-refractivity contribution is -0.139. The number of carbonyl (C=O) groups is 2. The van der Waals surface area contributed by atoms with Crippen molar-refractivity contribution in [3.8, 4) is 5.75 Å². The van der Waals surface area contributed by atoms with E-state index < -0.39 is 6.10 Å². The fourth-order valence-corrected chi connectivity index (χ4v) is 3.83. The Balaban J connectivity index is 1.54. The van der Waals surface area contributed by atoms with Crippen molar-refractivity contribution in [3.05, 3.63) is 41.6 Å². The highest BCUT2D eigenvalue weighted by atomic mass is 35.5. The number of anilines is 1. The largest absolute Gasteiger partial charge is 0.481 e. The number of aromatic nitrogens is 2. The van der Waals surface area contributed by atoms with Crippen molar-refractivity contribution in [1.29, 1.82) is 0 Å². The molecule has 1 aliphatic heterocycles. The Labute approximate surface area is 182 Å². The number of benzene rings is 1. The average molecular weight is 433 g/mol. The Hall–Kier alpha value is -2.54. The molecule has 1 aliphatic rings. The van der Waals surface area contributed by atoms with Crippen LogP contribution in [0, 0.1) is 5.92 Å². The third kappa shape index (κ3) is 5.75. The summed E-state index contributed by atoms with van der Waals surface area (Å²) in [6.07, 6.45) is 3.12. The number of amides is 2. The van der Waals surface area contributed by atoms with Gasteiger partial charge in [-0.3, -0.25) is 9.59 Å². The van der Waals surface area contributed by atoms with Crippen molar-refractivity contribution in [3.63, 3.8) is 0 Å². The van der Waals surface area contributed by atoms with E-state index in [9.17, 15) is 9.59 Å². The van der Waals surface area contributed by atoms with Crippen molar-refractivity contribution in [1.82, 2.24) is 14.7 Å². The molecule has 2 aromatic rings. The number of hydrogen-bond donors (Lipinski definition) is 1. The van der Waals surface area contributed by atoms with E-state index in [0.717, 1.165) is 12.8 Å². The van der Waals surface area contributed by atoms with Gasteiger partial charge < -0.3 is 15.0 Å². The second-order valence-corrected chi connectivity index (χ2v) is 8.52. The van der Waals surface area contributed by atoms with Gasteiger partial charge in [-0.2, -0.15) is 5.10 Å². The molecular formula is C22H29ClN4O3. The first kappa shape index (κ1) is 22.2. The molecule has 1 aromatic heterocycles. The lowest BCUT2D eigenvalue weighted by Crippen LogP contribution is -2.45. The van der Waals surface area contributed by atoms with Crippen LogP contribution in [0.25, 0.3) is 0 Å². The Morgan fingerprint density at radius 2 is 1.97 bits per heavy atom. The Bertz CT molecular complexity index is 875. The number of hydrogen-bond acceptors (Lipinski definition) is 4. The van der Waals surface area contributed by atoms with E-state index >= 15 is 0 Å². The summed E-state index contributed by atoms with van der Waals surface area (Å²) in [4.78, 5) is 26.7. The minimum absolute atomic E-state index is 0.00801. The molecule has 2 heterocycles. The average Bonchev–Trinajstić information content (AvgIpc) is 3.14. The maximum Gasteiger partial charge on any atom is 0.263 e. The van der Waals surface area contributed by atoms with E-state index in [1.165, 1.54) is 0 Å². The molecular weight excluding hydrogens is 404 g/mol. The highest BCUT2D eigenvalue weighted by molar-refractivity contribution is 6.30. The number of piperidine rings is 1. The molecule has 0 saturated carbocycles. The number of nitrogens with one attached hydrogen (secondary N) is 1. The summed E-state index contributed by atoms with van der Waals surface area (Å²) in [7, 11) is 0. The van der Waals surface area contributed by atoms with Crippen molar-refractivity contribution in [2.45, 2.75) is 52.2 Å². The van der Waals surface area contributed by atoms with Crippen molar-refractivity contribution >= 4 is 29.2 Å². The van der Waals surface area contributed by atoms with E-state index in [4.69, 9.17) is 16.3 Å². The summed E-state index contributed by atoms with van der Waals surface area (Å²) >= 11 is 5.98. The van der Waals surface area contributed by atoms with Crippen molar-refractivity contribution in [2.75, 3.05) is 18.4 Å². The van der Waals surface area contributed by atoms with Gasteiger partial charge in [0.25, 0.3) is 5.91 Å². The first-order chi connectivity index (χ1) is 14.3. The maximum atomic E-state index is 12.8. The van der Waals surface area contributed by atoms with Crippen LogP contribution in [0.4, 0.5) is 5.82 Å². The quantitative estimate of drug-likeness (QED) is 0.712. The molecule has 2 amide bonds. The molecule has 1 atom stereocenters. The molecule has 8 heteroatoms. The number of likely N-dealkylation sites (tertiary alicyclic amines) is 1. The number of ether oxygens (including phenoxy) is 1. The number of halogens is 1. The van der Waals surface area contributed by atoms with E-state index in [-0.39, 0.29) is 17.9 Å². The molecule has 0 unspecified atom stereocenters. The first-order valence-electron chi connectivity index (χ1n) is 10.4. The summed E-state index contributed by atoms with van der Waals surface area (Å²) in [6, 6.07) is 9.00. The molecule has 7 nitrogen and oxygen atoms in total. The van der Waals surface area contributed by atoms with Gasteiger partial charge in [-0.1, -0.05) is 31.5 Å². The normalized spacial score (nSPS) is 15.8. The van der Waals surface area contributed by atoms with Crippen LogP contribution in [0.15, 0.2) is 36.5 Å². The molecule has 0 aliphatic carbocycles. The second-order valence-electron chi connectivity index (χ2n) is 8.08. The second kappa shape index (κ2) is 9.98. The topological polar surface area (TPSA) is 76.5 Å². The van der Waals surface area contributed by atoms with Gasteiger partial charge in [0.15, 0.2) is 6.10 Å². The number of rotatable bonds is 7. The smallest absolute Gasteiger partial charge is 0.263 e. The Morgan fingerprint density at radius 3 is 2.63 bits per heavy atom. The molecule has 30 heavy (non-hydrogen) atoms. The standard InChI is InChI=1S/C22H29ClN4O3/c1-15(2)13-21(28)25-20-7-10-24-27(20)18-8-11-26(12-9-18)22(29)16(3)30-19-6-4-5-17(23)14-19/h4-7,10,14-16,18H,8-9,11-13H2,1-3H3,(H,25,28)/t16-/m0/s1. The van der Waals surface area contributed by atoms with Crippen molar-refractivity contribution < 1.29 is 14.3 Å². The van der Waals surface area contributed by atoms with Crippen LogP contribution in [0.3, 0.4) is 0 Å². The van der Waals surface area contributed by atoms with Gasteiger partial charge in [-0.05, 0) is 43.9 Å². The zero-order valence-electron chi connectivity index (χ0n) is 17.7. The zero-order valence-corrected chi connectivity index (χ0v) is 18.4. The van der Waals surface area contributed by atoms with E-state index in [0.29, 0.717) is 42.0 Å². The van der Waals surface area contributed by atoms with Crippen LogP contribution >= 0.6 is 11.6 Å². The third-order valence-electron chi connectivity index (χ3n) is 5.11. The molecule has 1 fully saturated rings. The van der Waals surface area contributed by atoms with Gasteiger partial charge in [-0.15, -0.1) is 0 Å². The Kier molecular flexibility index (Phi) is 7.37. The van der Waals surface area contributed by atoms with Gasteiger partial charge in [0.1, 0.15) is 11.6 Å². The molecule has 0 spiro atoms. The lowest BCUT2D eigenvalue weighted by atomic mass is 10.0.